The van der Waals surface area contributed by atoms with E-state index in [1.165, 1.54) is 17.8 Å². The maximum Gasteiger partial charge on any atom is 0.229 e. The fraction of sp³-hybridized carbons (Fsp3) is 0.263. The van der Waals surface area contributed by atoms with E-state index in [0.29, 0.717) is 36.4 Å². The predicted octanol–water partition coefficient (Wildman–Crippen LogP) is 3.58. The number of carbonyl (C=O) groups excluding carboxylic acids is 2. The van der Waals surface area contributed by atoms with Gasteiger partial charge in [-0.25, -0.2) is 4.39 Å². The molecule has 1 aliphatic rings. The third-order valence-corrected chi connectivity index (χ3v) is 5.24. The van der Waals surface area contributed by atoms with Gasteiger partial charge in [-0.15, -0.1) is 11.8 Å². The number of thioether (sulfide) groups is 1. The highest BCUT2D eigenvalue weighted by molar-refractivity contribution is 7.98. The number of hydrogen-bond donors (Lipinski definition) is 2. The molecule has 0 bridgehead atoms. The molecule has 0 aromatic heterocycles. The first-order valence-electron chi connectivity index (χ1n) is 8.16. The topological polar surface area (TPSA) is 58.2 Å². The Kier molecular flexibility index (Phi) is 5.71. The van der Waals surface area contributed by atoms with E-state index in [1.807, 2.05) is 30.3 Å². The van der Waals surface area contributed by atoms with Crippen LogP contribution in [0.1, 0.15) is 18.4 Å². The maximum absolute atomic E-state index is 13.8. The first kappa shape index (κ1) is 17.5. The summed E-state index contributed by atoms with van der Waals surface area (Å²) in [5.74, 6) is -0.0698. The summed E-state index contributed by atoms with van der Waals surface area (Å²) in [5, 5.41) is 5.66. The van der Waals surface area contributed by atoms with Gasteiger partial charge >= 0.3 is 0 Å². The minimum absolute atomic E-state index is 0.00936. The van der Waals surface area contributed by atoms with Gasteiger partial charge in [0.1, 0.15) is 5.82 Å². The summed E-state index contributed by atoms with van der Waals surface area (Å²) in [6.07, 6.45) is 0.934. The molecule has 130 valence electrons. The lowest BCUT2D eigenvalue weighted by Gasteiger charge is -2.22. The monoisotopic (exact) mass is 358 g/mol. The molecule has 4 nitrogen and oxygen atoms in total. The lowest BCUT2D eigenvalue weighted by Crippen LogP contribution is -2.40. The number of carbonyl (C=O) groups is 2. The molecule has 2 aromatic rings. The highest BCUT2D eigenvalue weighted by atomic mass is 32.2. The molecule has 1 atom stereocenters. The van der Waals surface area contributed by atoms with Gasteiger partial charge in [-0.3, -0.25) is 9.59 Å². The molecule has 0 saturated carbocycles. The van der Waals surface area contributed by atoms with Crippen molar-refractivity contribution >= 4 is 29.3 Å². The van der Waals surface area contributed by atoms with Crippen molar-refractivity contribution in [1.82, 2.24) is 5.32 Å². The second kappa shape index (κ2) is 8.16. The highest BCUT2D eigenvalue weighted by Gasteiger charge is 2.24. The fourth-order valence-electron chi connectivity index (χ4n) is 2.66. The number of rotatable bonds is 5. The molecular formula is C19H19FN2O2S. The lowest BCUT2D eigenvalue weighted by atomic mass is 9.98. The van der Waals surface area contributed by atoms with Crippen molar-refractivity contribution < 1.29 is 14.0 Å². The molecule has 1 saturated heterocycles. The van der Waals surface area contributed by atoms with Gasteiger partial charge in [0.05, 0.1) is 11.6 Å². The summed E-state index contributed by atoms with van der Waals surface area (Å²) in [5.41, 5.74) is 1.34. The molecule has 3 rings (SSSR count). The molecule has 2 amide bonds. The Morgan fingerprint density at radius 2 is 1.96 bits per heavy atom. The van der Waals surface area contributed by atoms with Crippen LogP contribution in [-0.2, 0) is 15.3 Å². The Hall–Kier alpha value is -2.34. The van der Waals surface area contributed by atoms with Crippen molar-refractivity contribution in [3.63, 3.8) is 0 Å². The van der Waals surface area contributed by atoms with Crippen molar-refractivity contribution in [3.8, 4) is 0 Å². The standard InChI is InChI=1S/C19H19FN2O2S/c20-15-6-2-1-5-14(15)12-25-17-8-4-3-7-16(17)22-19(24)13-9-10-18(23)21-11-13/h1-8,13H,9-12H2,(H,21,23)(H,22,24)/t13-/m0/s1. The first-order chi connectivity index (χ1) is 12.1. The molecule has 6 heteroatoms. The zero-order valence-electron chi connectivity index (χ0n) is 13.6. The Morgan fingerprint density at radius 3 is 2.72 bits per heavy atom. The maximum atomic E-state index is 13.8. The van der Waals surface area contributed by atoms with Gasteiger partial charge in [-0.05, 0) is 30.2 Å². The Labute approximate surface area is 150 Å². The van der Waals surface area contributed by atoms with Crippen LogP contribution in [0.25, 0.3) is 0 Å². The summed E-state index contributed by atoms with van der Waals surface area (Å²) in [4.78, 5) is 24.5. The van der Waals surface area contributed by atoms with E-state index < -0.39 is 0 Å². The van der Waals surface area contributed by atoms with Crippen LogP contribution >= 0.6 is 11.8 Å². The average Bonchev–Trinajstić information content (AvgIpc) is 2.62. The molecule has 0 unspecified atom stereocenters. The van der Waals surface area contributed by atoms with Crippen molar-refractivity contribution in [3.05, 3.63) is 59.9 Å². The van der Waals surface area contributed by atoms with Gasteiger partial charge in [0.25, 0.3) is 0 Å². The van der Waals surface area contributed by atoms with E-state index in [9.17, 15) is 14.0 Å². The van der Waals surface area contributed by atoms with Crippen LogP contribution in [0.2, 0.25) is 0 Å². The molecule has 25 heavy (non-hydrogen) atoms. The van der Waals surface area contributed by atoms with Crippen molar-refractivity contribution in [2.24, 2.45) is 5.92 Å². The zero-order valence-corrected chi connectivity index (χ0v) is 14.4. The number of halogens is 1. The Balaban J connectivity index is 1.65. The van der Waals surface area contributed by atoms with Gasteiger partial charge < -0.3 is 10.6 Å². The highest BCUT2D eigenvalue weighted by Crippen LogP contribution is 2.31. The van der Waals surface area contributed by atoms with E-state index in [2.05, 4.69) is 10.6 Å². The van der Waals surface area contributed by atoms with Gasteiger partial charge in [-0.2, -0.15) is 0 Å². The number of amides is 2. The molecule has 1 fully saturated rings. The van der Waals surface area contributed by atoms with Crippen LogP contribution in [0.4, 0.5) is 10.1 Å². The molecule has 1 aliphatic heterocycles. The number of anilines is 1. The molecule has 0 aliphatic carbocycles. The summed E-state index contributed by atoms with van der Waals surface area (Å²) in [6.45, 7) is 0.370. The quantitative estimate of drug-likeness (QED) is 0.803. The number of para-hydroxylation sites is 1. The van der Waals surface area contributed by atoms with Crippen molar-refractivity contribution in [1.29, 1.82) is 0 Å². The summed E-state index contributed by atoms with van der Waals surface area (Å²) < 4.78 is 13.8. The van der Waals surface area contributed by atoms with E-state index in [-0.39, 0.29) is 23.5 Å². The second-order valence-corrected chi connectivity index (χ2v) is 6.92. The predicted molar refractivity (Wildman–Crippen MR) is 96.8 cm³/mol. The molecule has 0 spiro atoms. The van der Waals surface area contributed by atoms with Gasteiger partial charge in [0.2, 0.25) is 11.8 Å². The van der Waals surface area contributed by atoms with Gasteiger partial charge in [-0.1, -0.05) is 30.3 Å². The summed E-state index contributed by atoms with van der Waals surface area (Å²) in [7, 11) is 0. The molecular weight excluding hydrogens is 339 g/mol. The van der Waals surface area contributed by atoms with Gasteiger partial charge in [0, 0.05) is 23.6 Å². The van der Waals surface area contributed by atoms with Crippen LogP contribution in [0, 0.1) is 11.7 Å². The molecule has 2 N–H and O–H groups in total. The zero-order chi connectivity index (χ0) is 17.6. The second-order valence-electron chi connectivity index (χ2n) is 5.91. The van der Waals surface area contributed by atoms with E-state index in [1.54, 1.807) is 12.1 Å². The number of hydrogen-bond acceptors (Lipinski definition) is 3. The van der Waals surface area contributed by atoms with Crippen LogP contribution < -0.4 is 10.6 Å². The smallest absolute Gasteiger partial charge is 0.229 e. The molecule has 2 aromatic carbocycles. The first-order valence-corrected chi connectivity index (χ1v) is 9.15. The third kappa shape index (κ3) is 4.60. The van der Waals surface area contributed by atoms with Crippen LogP contribution in [0.3, 0.4) is 0 Å². The van der Waals surface area contributed by atoms with E-state index in [0.717, 1.165) is 4.90 Å². The lowest BCUT2D eigenvalue weighted by molar-refractivity contribution is -0.126. The number of nitrogens with one attached hydrogen (secondary N) is 2. The van der Waals surface area contributed by atoms with Crippen molar-refractivity contribution in [2.75, 3.05) is 11.9 Å². The van der Waals surface area contributed by atoms with E-state index in [4.69, 9.17) is 0 Å². The Morgan fingerprint density at radius 1 is 1.20 bits per heavy atom. The minimum Gasteiger partial charge on any atom is -0.355 e. The summed E-state index contributed by atoms with van der Waals surface area (Å²) >= 11 is 1.48. The number of benzene rings is 2. The fourth-order valence-corrected chi connectivity index (χ4v) is 3.65. The van der Waals surface area contributed by atoms with Crippen LogP contribution in [0.5, 0.6) is 0 Å². The normalized spacial score (nSPS) is 17.0. The largest absolute Gasteiger partial charge is 0.355 e. The van der Waals surface area contributed by atoms with E-state index >= 15 is 0 Å². The van der Waals surface area contributed by atoms with Crippen LogP contribution in [0.15, 0.2) is 53.4 Å². The Bertz CT molecular complexity index is 772. The number of piperidine rings is 1. The SMILES string of the molecule is O=C1CC[C@H](C(=O)Nc2ccccc2SCc2ccccc2F)CN1. The van der Waals surface area contributed by atoms with Crippen molar-refractivity contribution in [2.45, 2.75) is 23.5 Å². The third-order valence-electron chi connectivity index (χ3n) is 4.12. The molecule has 0 radical (unpaired) electrons. The van der Waals surface area contributed by atoms with Gasteiger partial charge in [0.15, 0.2) is 0 Å². The summed E-state index contributed by atoms with van der Waals surface area (Å²) in [6, 6.07) is 14.2. The molecule has 1 heterocycles. The minimum atomic E-state index is -0.227. The average molecular weight is 358 g/mol. The van der Waals surface area contributed by atoms with Crippen LogP contribution in [-0.4, -0.2) is 18.4 Å².